The molecule has 1 heterocycles. The first-order valence-corrected chi connectivity index (χ1v) is 5.85. The third-order valence-electron chi connectivity index (χ3n) is 3.18. The van der Waals surface area contributed by atoms with Crippen molar-refractivity contribution in [3.05, 3.63) is 0 Å². The molecule has 0 aromatic rings. The molecule has 4 nitrogen and oxygen atoms in total. The molecule has 0 amide bonds. The van der Waals surface area contributed by atoms with Crippen LogP contribution in [0.1, 0.15) is 27.7 Å². The Bertz CT molecular complexity index is 253. The van der Waals surface area contributed by atoms with E-state index in [9.17, 15) is 4.79 Å². The van der Waals surface area contributed by atoms with Crippen LogP contribution in [-0.4, -0.2) is 54.2 Å². The van der Waals surface area contributed by atoms with Crippen molar-refractivity contribution in [2.75, 3.05) is 26.2 Å². The van der Waals surface area contributed by atoms with Gasteiger partial charge in [0, 0.05) is 25.0 Å². The molecule has 1 fully saturated rings. The van der Waals surface area contributed by atoms with Crippen LogP contribution in [0.2, 0.25) is 0 Å². The van der Waals surface area contributed by atoms with Gasteiger partial charge in [-0.25, -0.2) is 0 Å². The van der Waals surface area contributed by atoms with Crippen molar-refractivity contribution in [2.24, 2.45) is 5.41 Å². The van der Waals surface area contributed by atoms with Crippen LogP contribution in [0.5, 0.6) is 0 Å². The first-order chi connectivity index (χ1) is 7.35. The minimum atomic E-state index is -0.322. The summed E-state index contributed by atoms with van der Waals surface area (Å²) in [6, 6.07) is 0. The number of carbonyl (C=O) groups is 1. The lowest BCUT2D eigenvalue weighted by Gasteiger charge is -2.39. The van der Waals surface area contributed by atoms with Crippen LogP contribution in [0.3, 0.4) is 0 Å². The Morgan fingerprint density at radius 3 is 2.62 bits per heavy atom. The Hall–Kier alpha value is -0.450. The third kappa shape index (κ3) is 3.54. The standard InChI is InChI=1S/C12H23NO3/c1-9-5-13(6-11(7-14)16-9)8-12(3,4)10(2)15/h9,11,14H,5-8H2,1-4H3. The molecule has 0 saturated carbocycles. The topological polar surface area (TPSA) is 49.8 Å². The maximum atomic E-state index is 11.5. The monoisotopic (exact) mass is 229 g/mol. The lowest BCUT2D eigenvalue weighted by Crippen LogP contribution is -2.51. The van der Waals surface area contributed by atoms with E-state index >= 15 is 0 Å². The number of nitrogens with zero attached hydrogens (tertiary/aromatic N) is 1. The Morgan fingerprint density at radius 1 is 1.50 bits per heavy atom. The molecule has 0 aliphatic carbocycles. The van der Waals surface area contributed by atoms with Crippen LogP contribution in [0.15, 0.2) is 0 Å². The van der Waals surface area contributed by atoms with Gasteiger partial charge < -0.3 is 9.84 Å². The van der Waals surface area contributed by atoms with Gasteiger partial charge in [0.25, 0.3) is 0 Å². The van der Waals surface area contributed by atoms with Crippen molar-refractivity contribution < 1.29 is 14.6 Å². The Balaban J connectivity index is 2.57. The molecule has 2 atom stereocenters. The summed E-state index contributed by atoms with van der Waals surface area (Å²) < 4.78 is 5.56. The van der Waals surface area contributed by atoms with Gasteiger partial charge in [-0.05, 0) is 13.8 Å². The first kappa shape index (κ1) is 13.6. The molecule has 1 N–H and O–H groups in total. The molecule has 0 spiro atoms. The van der Waals surface area contributed by atoms with Gasteiger partial charge >= 0.3 is 0 Å². The summed E-state index contributed by atoms with van der Waals surface area (Å²) in [5, 5.41) is 9.12. The van der Waals surface area contributed by atoms with E-state index in [4.69, 9.17) is 9.84 Å². The minimum Gasteiger partial charge on any atom is -0.394 e. The van der Waals surface area contributed by atoms with Crippen LogP contribution in [0, 0.1) is 5.41 Å². The summed E-state index contributed by atoms with van der Waals surface area (Å²) >= 11 is 0. The first-order valence-electron chi connectivity index (χ1n) is 5.85. The van der Waals surface area contributed by atoms with Gasteiger partial charge in [0.1, 0.15) is 5.78 Å². The van der Waals surface area contributed by atoms with Gasteiger partial charge in [-0.1, -0.05) is 13.8 Å². The van der Waals surface area contributed by atoms with Crippen molar-refractivity contribution in [3.8, 4) is 0 Å². The molecule has 0 radical (unpaired) electrons. The smallest absolute Gasteiger partial charge is 0.136 e. The van der Waals surface area contributed by atoms with Gasteiger partial charge in [0.2, 0.25) is 0 Å². The van der Waals surface area contributed by atoms with Crippen molar-refractivity contribution >= 4 is 5.78 Å². The molecule has 0 aromatic carbocycles. The number of rotatable bonds is 4. The maximum absolute atomic E-state index is 11.5. The average Bonchev–Trinajstić information content (AvgIpc) is 2.15. The van der Waals surface area contributed by atoms with Gasteiger partial charge in [-0.15, -0.1) is 0 Å². The molecule has 16 heavy (non-hydrogen) atoms. The molecule has 94 valence electrons. The van der Waals surface area contributed by atoms with Gasteiger partial charge in [0.15, 0.2) is 0 Å². The average molecular weight is 229 g/mol. The number of morpholine rings is 1. The summed E-state index contributed by atoms with van der Waals surface area (Å²) in [7, 11) is 0. The Kier molecular flexibility index (Phi) is 4.47. The zero-order valence-corrected chi connectivity index (χ0v) is 10.7. The van der Waals surface area contributed by atoms with Crippen LogP contribution in [0.4, 0.5) is 0 Å². The second-order valence-corrected chi connectivity index (χ2v) is 5.39. The van der Waals surface area contributed by atoms with E-state index in [2.05, 4.69) is 4.90 Å². The Labute approximate surface area is 97.6 Å². The maximum Gasteiger partial charge on any atom is 0.136 e. The van der Waals surface area contributed by atoms with Crippen LogP contribution >= 0.6 is 0 Å². The van der Waals surface area contributed by atoms with E-state index in [-0.39, 0.29) is 30.0 Å². The quantitative estimate of drug-likeness (QED) is 0.770. The van der Waals surface area contributed by atoms with Gasteiger partial charge in [-0.2, -0.15) is 0 Å². The molecule has 2 unspecified atom stereocenters. The fraction of sp³-hybridized carbons (Fsp3) is 0.917. The molecule has 1 rings (SSSR count). The second-order valence-electron chi connectivity index (χ2n) is 5.39. The van der Waals surface area contributed by atoms with E-state index in [1.807, 2.05) is 20.8 Å². The Morgan fingerprint density at radius 2 is 2.12 bits per heavy atom. The van der Waals surface area contributed by atoms with Crippen molar-refractivity contribution in [1.82, 2.24) is 4.90 Å². The van der Waals surface area contributed by atoms with Crippen LogP contribution < -0.4 is 0 Å². The zero-order chi connectivity index (χ0) is 12.3. The number of Topliss-reactive ketones (excluding diaryl/α,β-unsaturated/α-hetero) is 1. The number of hydrogen-bond acceptors (Lipinski definition) is 4. The highest BCUT2D eigenvalue weighted by atomic mass is 16.5. The van der Waals surface area contributed by atoms with E-state index in [1.165, 1.54) is 0 Å². The van der Waals surface area contributed by atoms with Crippen LogP contribution in [-0.2, 0) is 9.53 Å². The number of aliphatic hydroxyl groups excluding tert-OH is 1. The zero-order valence-electron chi connectivity index (χ0n) is 10.7. The minimum absolute atomic E-state index is 0.0430. The predicted molar refractivity (Wildman–Crippen MR) is 62.3 cm³/mol. The summed E-state index contributed by atoms with van der Waals surface area (Å²) in [4.78, 5) is 13.7. The lowest BCUT2D eigenvalue weighted by molar-refractivity contribution is -0.130. The third-order valence-corrected chi connectivity index (χ3v) is 3.18. The normalized spacial score (nSPS) is 28.1. The lowest BCUT2D eigenvalue weighted by atomic mass is 9.88. The molecular weight excluding hydrogens is 206 g/mol. The van der Waals surface area contributed by atoms with E-state index in [0.29, 0.717) is 6.54 Å². The number of ether oxygens (including phenoxy) is 1. The summed E-state index contributed by atoms with van der Waals surface area (Å²) in [5.74, 6) is 0.201. The number of ketones is 1. The molecule has 4 heteroatoms. The molecule has 0 bridgehead atoms. The van der Waals surface area contributed by atoms with Gasteiger partial charge in [0.05, 0.1) is 18.8 Å². The SMILES string of the molecule is CC(=O)C(C)(C)CN1CC(C)OC(CO)C1. The van der Waals surface area contributed by atoms with E-state index in [1.54, 1.807) is 6.92 Å². The number of hydrogen-bond donors (Lipinski definition) is 1. The van der Waals surface area contributed by atoms with E-state index < -0.39 is 0 Å². The second kappa shape index (κ2) is 5.25. The predicted octanol–water partition coefficient (Wildman–Crippen LogP) is 0.683. The number of carbonyl (C=O) groups excluding carboxylic acids is 1. The number of aliphatic hydroxyl groups is 1. The van der Waals surface area contributed by atoms with Crippen molar-refractivity contribution in [2.45, 2.75) is 39.9 Å². The largest absolute Gasteiger partial charge is 0.394 e. The highest BCUT2D eigenvalue weighted by molar-refractivity contribution is 5.81. The molecule has 1 saturated heterocycles. The summed E-state index contributed by atoms with van der Waals surface area (Å²) in [6.07, 6.45) is 0.000154. The fourth-order valence-electron chi connectivity index (χ4n) is 2.04. The molecule has 0 aromatic heterocycles. The summed E-state index contributed by atoms with van der Waals surface area (Å²) in [5.41, 5.74) is -0.322. The van der Waals surface area contributed by atoms with Crippen LogP contribution in [0.25, 0.3) is 0 Å². The van der Waals surface area contributed by atoms with Crippen molar-refractivity contribution in [1.29, 1.82) is 0 Å². The fourth-order valence-corrected chi connectivity index (χ4v) is 2.04. The summed E-state index contributed by atoms with van der Waals surface area (Å²) in [6.45, 7) is 9.86. The molecule has 1 aliphatic heterocycles. The molecule has 1 aliphatic rings. The highest BCUT2D eigenvalue weighted by Crippen LogP contribution is 2.21. The molecular formula is C12H23NO3. The van der Waals surface area contributed by atoms with E-state index in [0.717, 1.165) is 13.1 Å². The van der Waals surface area contributed by atoms with Gasteiger partial charge in [-0.3, -0.25) is 9.69 Å². The highest BCUT2D eigenvalue weighted by Gasteiger charge is 2.31. The van der Waals surface area contributed by atoms with Crippen molar-refractivity contribution in [3.63, 3.8) is 0 Å².